The molecule has 1 aliphatic heterocycles. The third-order valence-electron chi connectivity index (χ3n) is 3.17. The number of cyclic esters (lactones) is 1. The molecule has 2 heterocycles. The highest BCUT2D eigenvalue weighted by Crippen LogP contribution is 2.24. The molecule has 0 saturated carbocycles. The topological polar surface area (TPSA) is 38.7 Å². The Labute approximate surface area is 121 Å². The molecule has 3 nitrogen and oxygen atoms in total. The van der Waals surface area contributed by atoms with Crippen molar-refractivity contribution >= 4 is 29.3 Å². The molecule has 20 heavy (non-hydrogen) atoms. The first-order valence-corrected chi connectivity index (χ1v) is 7.16. The molecule has 0 bridgehead atoms. The largest absolute Gasteiger partial charge is 0.402 e. The van der Waals surface area contributed by atoms with Crippen molar-refractivity contribution < 1.29 is 9.53 Å². The smallest absolute Gasteiger partial charge is 0.363 e. The Morgan fingerprint density at radius 2 is 1.95 bits per heavy atom. The van der Waals surface area contributed by atoms with Crippen molar-refractivity contribution in [1.29, 1.82) is 0 Å². The molecular formula is C16H13NO2S. The Morgan fingerprint density at radius 1 is 1.15 bits per heavy atom. The predicted molar refractivity (Wildman–Crippen MR) is 80.8 cm³/mol. The van der Waals surface area contributed by atoms with Crippen molar-refractivity contribution in [2.45, 2.75) is 13.8 Å². The summed E-state index contributed by atoms with van der Waals surface area (Å²) in [7, 11) is 0. The second kappa shape index (κ2) is 5.06. The van der Waals surface area contributed by atoms with E-state index in [0.29, 0.717) is 11.6 Å². The molecule has 0 atom stereocenters. The van der Waals surface area contributed by atoms with E-state index in [1.54, 1.807) is 17.4 Å². The first kappa shape index (κ1) is 12.8. The Hall–Kier alpha value is -2.20. The third-order valence-corrected chi connectivity index (χ3v) is 4.13. The summed E-state index contributed by atoms with van der Waals surface area (Å²) in [6.45, 7) is 3.98. The van der Waals surface area contributed by atoms with Gasteiger partial charge in [-0.1, -0.05) is 18.2 Å². The van der Waals surface area contributed by atoms with Gasteiger partial charge in [0.1, 0.15) is 0 Å². The van der Waals surface area contributed by atoms with E-state index >= 15 is 0 Å². The van der Waals surface area contributed by atoms with Crippen LogP contribution in [0.25, 0.3) is 6.08 Å². The van der Waals surface area contributed by atoms with Gasteiger partial charge in [0.05, 0.1) is 0 Å². The Bertz CT molecular complexity index is 740. The molecule has 0 spiro atoms. The summed E-state index contributed by atoms with van der Waals surface area (Å²) in [4.78, 5) is 17.3. The molecular weight excluding hydrogens is 270 g/mol. The minimum atomic E-state index is -0.393. The second-order valence-corrected chi connectivity index (χ2v) is 5.57. The molecule has 0 saturated heterocycles. The van der Waals surface area contributed by atoms with Crippen molar-refractivity contribution in [3.8, 4) is 0 Å². The number of rotatable bonds is 2. The number of hydrogen-bond acceptors (Lipinski definition) is 4. The summed E-state index contributed by atoms with van der Waals surface area (Å²) in [6.07, 6.45) is 1.79. The first-order chi connectivity index (χ1) is 9.65. The van der Waals surface area contributed by atoms with E-state index in [1.807, 2.05) is 49.6 Å². The van der Waals surface area contributed by atoms with E-state index in [4.69, 9.17) is 4.74 Å². The van der Waals surface area contributed by atoms with Gasteiger partial charge in [-0.25, -0.2) is 9.79 Å². The van der Waals surface area contributed by atoms with E-state index in [0.717, 1.165) is 21.6 Å². The van der Waals surface area contributed by atoms with Gasteiger partial charge in [-0.15, -0.1) is 11.3 Å². The van der Waals surface area contributed by atoms with Crippen LogP contribution in [-0.4, -0.2) is 11.9 Å². The van der Waals surface area contributed by atoms with E-state index in [9.17, 15) is 4.79 Å². The number of hydrogen-bond donors (Lipinski definition) is 0. The summed E-state index contributed by atoms with van der Waals surface area (Å²) in [5, 5.41) is 1.99. The molecule has 0 aliphatic carbocycles. The lowest BCUT2D eigenvalue weighted by molar-refractivity contribution is -0.129. The van der Waals surface area contributed by atoms with Gasteiger partial charge < -0.3 is 4.74 Å². The van der Waals surface area contributed by atoms with Gasteiger partial charge >= 0.3 is 5.97 Å². The molecule has 1 aromatic carbocycles. The quantitative estimate of drug-likeness (QED) is 0.622. The number of thiophene rings is 1. The maximum atomic E-state index is 11.9. The fourth-order valence-electron chi connectivity index (χ4n) is 1.99. The summed E-state index contributed by atoms with van der Waals surface area (Å²) in [5.74, 6) is -0.00962. The number of aryl methyl sites for hydroxylation is 2. The van der Waals surface area contributed by atoms with Crippen molar-refractivity contribution in [3.63, 3.8) is 0 Å². The van der Waals surface area contributed by atoms with Crippen LogP contribution in [0.4, 0.5) is 0 Å². The molecule has 1 aliphatic rings. The number of benzene rings is 1. The lowest BCUT2D eigenvalue weighted by Crippen LogP contribution is -2.06. The monoisotopic (exact) mass is 283 g/mol. The molecule has 0 unspecified atom stereocenters. The highest BCUT2D eigenvalue weighted by Gasteiger charge is 2.25. The van der Waals surface area contributed by atoms with Crippen LogP contribution in [0, 0.1) is 13.8 Å². The van der Waals surface area contributed by atoms with Gasteiger partial charge in [0.15, 0.2) is 5.70 Å². The molecule has 1 aromatic heterocycles. The number of aliphatic imine (C=N–C) groups is 1. The van der Waals surface area contributed by atoms with Gasteiger partial charge in [0, 0.05) is 10.4 Å². The molecule has 4 heteroatoms. The first-order valence-electron chi connectivity index (χ1n) is 6.28. The number of carbonyl (C=O) groups is 1. The van der Waals surface area contributed by atoms with E-state index < -0.39 is 5.97 Å². The number of nitrogens with zero attached hydrogens (tertiary/aromatic N) is 1. The van der Waals surface area contributed by atoms with E-state index in [2.05, 4.69) is 4.99 Å². The van der Waals surface area contributed by atoms with Crippen molar-refractivity contribution in [2.75, 3.05) is 0 Å². The van der Waals surface area contributed by atoms with E-state index in [-0.39, 0.29) is 0 Å². The zero-order chi connectivity index (χ0) is 14.1. The minimum absolute atomic E-state index is 0.355. The number of esters is 1. The molecule has 2 aromatic rings. The van der Waals surface area contributed by atoms with Crippen LogP contribution in [0.15, 0.2) is 46.4 Å². The summed E-state index contributed by atoms with van der Waals surface area (Å²) < 4.78 is 5.28. The van der Waals surface area contributed by atoms with Crippen molar-refractivity contribution in [3.05, 3.63) is 63.0 Å². The molecule has 0 fully saturated rings. The fraction of sp³-hybridized carbons (Fsp3) is 0.125. The Balaban J connectivity index is 2.00. The molecule has 0 amide bonds. The Kier molecular flexibility index (Phi) is 3.24. The lowest BCUT2D eigenvalue weighted by Gasteiger charge is -2.02. The Morgan fingerprint density at radius 3 is 2.65 bits per heavy atom. The maximum absolute atomic E-state index is 11.9. The zero-order valence-corrected chi connectivity index (χ0v) is 12.0. The van der Waals surface area contributed by atoms with E-state index in [1.165, 1.54) is 0 Å². The third kappa shape index (κ3) is 2.30. The second-order valence-electron chi connectivity index (χ2n) is 4.62. The highest BCUT2D eigenvalue weighted by atomic mass is 32.1. The normalized spacial score (nSPS) is 16.4. The summed E-state index contributed by atoms with van der Waals surface area (Å²) in [5.41, 5.74) is 3.38. The average molecular weight is 283 g/mol. The SMILES string of the molecule is Cc1ccccc1C1=N/C(=C\c2sccc2C)C(=O)O1. The molecule has 0 N–H and O–H groups in total. The minimum Gasteiger partial charge on any atom is -0.402 e. The van der Waals surface area contributed by atoms with Crippen molar-refractivity contribution in [1.82, 2.24) is 0 Å². The van der Waals surface area contributed by atoms with Crippen LogP contribution in [0.2, 0.25) is 0 Å². The fourth-order valence-corrected chi connectivity index (χ4v) is 2.85. The maximum Gasteiger partial charge on any atom is 0.363 e. The zero-order valence-electron chi connectivity index (χ0n) is 11.2. The van der Waals surface area contributed by atoms with Crippen molar-refractivity contribution in [2.24, 2.45) is 4.99 Å². The van der Waals surface area contributed by atoms with Gasteiger partial charge in [-0.05, 0) is 48.6 Å². The van der Waals surface area contributed by atoms with Gasteiger partial charge in [-0.3, -0.25) is 0 Å². The lowest BCUT2D eigenvalue weighted by atomic mass is 10.1. The van der Waals surface area contributed by atoms with Gasteiger partial charge in [-0.2, -0.15) is 0 Å². The number of ether oxygens (including phenoxy) is 1. The van der Waals surface area contributed by atoms with Crippen LogP contribution in [0.5, 0.6) is 0 Å². The van der Waals surface area contributed by atoms with Crippen LogP contribution in [-0.2, 0) is 9.53 Å². The van der Waals surface area contributed by atoms with Crippen LogP contribution >= 0.6 is 11.3 Å². The van der Waals surface area contributed by atoms with Crippen LogP contribution in [0.3, 0.4) is 0 Å². The van der Waals surface area contributed by atoms with Crippen LogP contribution < -0.4 is 0 Å². The predicted octanol–water partition coefficient (Wildman–Crippen LogP) is 3.71. The van der Waals surface area contributed by atoms with Crippen LogP contribution in [0.1, 0.15) is 21.6 Å². The molecule has 0 radical (unpaired) electrons. The average Bonchev–Trinajstić information content (AvgIpc) is 2.98. The standard InChI is InChI=1S/C16H13NO2S/c1-10-5-3-4-6-12(10)15-17-13(16(18)19-15)9-14-11(2)7-8-20-14/h3-9H,1-2H3/b13-9-. The molecule has 3 rings (SSSR count). The van der Waals surface area contributed by atoms with Gasteiger partial charge in [0.25, 0.3) is 0 Å². The number of carbonyl (C=O) groups excluding carboxylic acids is 1. The summed E-state index contributed by atoms with van der Waals surface area (Å²) in [6, 6.07) is 9.74. The van der Waals surface area contributed by atoms with Gasteiger partial charge in [0.2, 0.25) is 5.90 Å². The molecule has 100 valence electrons. The highest BCUT2D eigenvalue weighted by molar-refractivity contribution is 7.11. The summed E-state index contributed by atoms with van der Waals surface area (Å²) >= 11 is 1.59.